The molecular weight excluding hydrogens is 328 g/mol. The maximum Gasteiger partial charge on any atom is 0.251 e. The second-order valence-corrected chi connectivity index (χ2v) is 9.72. The van der Waals surface area contributed by atoms with Crippen molar-refractivity contribution in [3.63, 3.8) is 0 Å². The Morgan fingerprint density at radius 2 is 1.92 bits per heavy atom. The van der Waals surface area contributed by atoms with Gasteiger partial charge < -0.3 is 5.32 Å². The van der Waals surface area contributed by atoms with Gasteiger partial charge in [0.2, 0.25) is 0 Å². The lowest BCUT2D eigenvalue weighted by atomic mass is 9.72. The lowest BCUT2D eigenvalue weighted by molar-refractivity contribution is -0.0378. The van der Waals surface area contributed by atoms with Gasteiger partial charge in [-0.25, -0.2) is 0 Å². The summed E-state index contributed by atoms with van der Waals surface area (Å²) in [6.07, 6.45) is 5.08. The van der Waals surface area contributed by atoms with Crippen molar-refractivity contribution < 1.29 is 4.79 Å². The summed E-state index contributed by atoms with van der Waals surface area (Å²) in [5.74, 6) is 1.49. The first-order chi connectivity index (χ1) is 12.0. The van der Waals surface area contributed by atoms with Gasteiger partial charge in [-0.3, -0.25) is 9.69 Å². The molecule has 25 heavy (non-hydrogen) atoms. The topological polar surface area (TPSA) is 32.3 Å². The highest BCUT2D eigenvalue weighted by Crippen LogP contribution is 2.45. The van der Waals surface area contributed by atoms with E-state index in [1.807, 2.05) is 17.4 Å². The Kier molecular flexibility index (Phi) is 3.52. The molecule has 6 rings (SSSR count). The first kappa shape index (κ1) is 15.8. The zero-order valence-electron chi connectivity index (χ0n) is 15.0. The fourth-order valence-corrected chi connectivity index (χ4v) is 6.14. The minimum absolute atomic E-state index is 0.0585. The summed E-state index contributed by atoms with van der Waals surface area (Å²) in [6, 6.07) is 8.78. The van der Waals surface area contributed by atoms with Crippen LogP contribution in [0.2, 0.25) is 0 Å². The fourth-order valence-electron chi connectivity index (χ4n) is 4.86. The summed E-state index contributed by atoms with van der Waals surface area (Å²) in [4.78, 5) is 17.0. The zero-order valence-corrected chi connectivity index (χ0v) is 15.9. The van der Waals surface area contributed by atoms with Crippen LogP contribution in [-0.4, -0.2) is 35.5 Å². The first-order valence-corrected chi connectivity index (χ1v) is 10.4. The predicted octanol–water partition coefficient (Wildman–Crippen LogP) is 4.38. The molecule has 4 aliphatic rings. The van der Waals surface area contributed by atoms with Gasteiger partial charge in [0.1, 0.15) is 0 Å². The van der Waals surface area contributed by atoms with Crippen LogP contribution < -0.4 is 5.32 Å². The number of carbonyl (C=O) groups excluding carboxylic acids is 1. The highest BCUT2D eigenvalue weighted by molar-refractivity contribution is 7.19. The highest BCUT2D eigenvalue weighted by atomic mass is 32.1. The number of fused-ring (bicyclic) bond motifs is 4. The second kappa shape index (κ2) is 5.55. The van der Waals surface area contributed by atoms with E-state index in [1.54, 1.807) is 0 Å². The maximum atomic E-state index is 12.9. The van der Waals surface area contributed by atoms with Crippen LogP contribution in [0.15, 0.2) is 24.3 Å². The Morgan fingerprint density at radius 3 is 2.60 bits per heavy atom. The third-order valence-corrected chi connectivity index (χ3v) is 7.92. The van der Waals surface area contributed by atoms with Crippen molar-refractivity contribution in [2.45, 2.75) is 57.0 Å². The van der Waals surface area contributed by atoms with E-state index in [9.17, 15) is 4.79 Å². The van der Waals surface area contributed by atoms with Gasteiger partial charge in [0.05, 0.1) is 0 Å². The molecule has 1 aromatic carbocycles. The number of thiophene rings is 1. The Morgan fingerprint density at radius 1 is 1.16 bits per heavy atom. The molecule has 3 aliphatic heterocycles. The molecule has 2 bridgehead atoms. The van der Waals surface area contributed by atoms with Crippen molar-refractivity contribution in [3.8, 4) is 0 Å². The molecular formula is C21H26N2OS. The van der Waals surface area contributed by atoms with Gasteiger partial charge in [-0.2, -0.15) is 0 Å². The van der Waals surface area contributed by atoms with Crippen LogP contribution in [0.25, 0.3) is 10.1 Å². The number of hydrogen-bond donors (Lipinski definition) is 1. The lowest BCUT2D eigenvalue weighted by Crippen LogP contribution is -2.69. The van der Waals surface area contributed by atoms with E-state index in [1.165, 1.54) is 53.7 Å². The Hall–Kier alpha value is -1.39. The van der Waals surface area contributed by atoms with Crippen LogP contribution in [0.1, 0.15) is 60.7 Å². The molecule has 0 radical (unpaired) electrons. The maximum absolute atomic E-state index is 12.9. The van der Waals surface area contributed by atoms with Gasteiger partial charge >= 0.3 is 0 Å². The van der Waals surface area contributed by atoms with Crippen molar-refractivity contribution >= 4 is 27.3 Å². The van der Waals surface area contributed by atoms with Crippen molar-refractivity contribution in [1.82, 2.24) is 10.2 Å². The van der Waals surface area contributed by atoms with E-state index in [0.29, 0.717) is 5.92 Å². The van der Waals surface area contributed by atoms with Crippen molar-refractivity contribution in [1.29, 1.82) is 0 Å². The summed E-state index contributed by atoms with van der Waals surface area (Å²) in [5.41, 5.74) is 0.868. The number of hydrogen-bond acceptors (Lipinski definition) is 3. The minimum atomic E-state index is 0.0585. The number of nitrogens with zero attached hydrogens (tertiary/aromatic N) is 1. The monoisotopic (exact) mass is 354 g/mol. The second-order valence-electron chi connectivity index (χ2n) is 8.60. The Labute approximate surface area is 153 Å². The number of amides is 1. The molecule has 3 nitrogen and oxygen atoms in total. The molecule has 2 aromatic rings. The number of rotatable bonds is 3. The average molecular weight is 355 g/mol. The quantitative estimate of drug-likeness (QED) is 0.887. The van der Waals surface area contributed by atoms with Crippen LogP contribution in [-0.2, 0) is 0 Å². The lowest BCUT2D eigenvalue weighted by Gasteiger charge is -2.56. The smallest absolute Gasteiger partial charge is 0.251 e. The molecule has 0 spiro atoms. The molecule has 4 heteroatoms. The first-order valence-electron chi connectivity index (χ1n) is 9.62. The predicted molar refractivity (Wildman–Crippen MR) is 103 cm³/mol. The van der Waals surface area contributed by atoms with Gasteiger partial charge in [0, 0.05) is 26.7 Å². The van der Waals surface area contributed by atoms with E-state index >= 15 is 0 Å². The number of nitrogens with one attached hydrogen (secondary N) is 1. The molecule has 1 aromatic heterocycles. The largest absolute Gasteiger partial charge is 0.347 e. The summed E-state index contributed by atoms with van der Waals surface area (Å²) < 4.78 is 1.25. The van der Waals surface area contributed by atoms with Crippen LogP contribution in [0.4, 0.5) is 0 Å². The Bertz CT molecular complexity index is 828. The third-order valence-electron chi connectivity index (χ3n) is 6.65. The molecule has 4 fully saturated rings. The van der Waals surface area contributed by atoms with E-state index in [-0.39, 0.29) is 17.5 Å². The SMILES string of the molecule is CC1(C)C(NC(=O)c2ccc3cc(C4CC4)sc3c2)C2CCN1CC2. The van der Waals surface area contributed by atoms with Gasteiger partial charge in [-0.05, 0) is 88.0 Å². The minimum Gasteiger partial charge on any atom is -0.347 e. The number of benzene rings is 1. The number of carbonyl (C=O) groups is 1. The van der Waals surface area contributed by atoms with E-state index in [0.717, 1.165) is 11.5 Å². The Balaban J connectivity index is 1.39. The fraction of sp³-hybridized carbons (Fsp3) is 0.571. The molecule has 132 valence electrons. The van der Waals surface area contributed by atoms with E-state index in [4.69, 9.17) is 0 Å². The van der Waals surface area contributed by atoms with Crippen molar-refractivity contribution in [2.24, 2.45) is 5.92 Å². The molecule has 1 saturated carbocycles. The van der Waals surface area contributed by atoms with Gasteiger partial charge in [-0.1, -0.05) is 6.07 Å². The standard InChI is InChI=1S/C21H26N2OS/c1-21(2)19(14-7-9-23(21)10-8-14)22-20(24)16-6-5-15-11-17(13-3-4-13)25-18(15)12-16/h5-6,11-14,19H,3-4,7-10H2,1-2H3,(H,22,24). The summed E-state index contributed by atoms with van der Waals surface area (Å²) >= 11 is 1.87. The summed E-state index contributed by atoms with van der Waals surface area (Å²) in [7, 11) is 0. The van der Waals surface area contributed by atoms with E-state index < -0.39 is 0 Å². The zero-order chi connectivity index (χ0) is 17.2. The molecule has 3 saturated heterocycles. The van der Waals surface area contributed by atoms with Crippen molar-refractivity contribution in [3.05, 3.63) is 34.7 Å². The average Bonchev–Trinajstić information content (AvgIpc) is 3.37. The van der Waals surface area contributed by atoms with Crippen molar-refractivity contribution in [2.75, 3.05) is 13.1 Å². The van der Waals surface area contributed by atoms with E-state index in [2.05, 4.69) is 42.3 Å². The van der Waals surface area contributed by atoms with Gasteiger partial charge in [0.15, 0.2) is 0 Å². The van der Waals surface area contributed by atoms with Crippen LogP contribution in [0.5, 0.6) is 0 Å². The van der Waals surface area contributed by atoms with Gasteiger partial charge in [-0.15, -0.1) is 11.3 Å². The third kappa shape index (κ3) is 2.61. The van der Waals surface area contributed by atoms with Crippen LogP contribution in [0, 0.1) is 5.92 Å². The summed E-state index contributed by atoms with van der Waals surface area (Å²) in [6.45, 7) is 6.92. The molecule has 4 heterocycles. The van der Waals surface area contributed by atoms with Crippen LogP contribution >= 0.6 is 11.3 Å². The molecule has 1 amide bonds. The molecule has 1 unspecified atom stereocenters. The number of piperidine rings is 3. The van der Waals surface area contributed by atoms with Gasteiger partial charge in [0.25, 0.3) is 5.91 Å². The molecule has 1 aliphatic carbocycles. The normalized spacial score (nSPS) is 30.6. The molecule has 1 N–H and O–H groups in total. The van der Waals surface area contributed by atoms with Crippen LogP contribution in [0.3, 0.4) is 0 Å². The molecule has 1 atom stereocenters. The summed E-state index contributed by atoms with van der Waals surface area (Å²) in [5, 5.41) is 4.67. The highest BCUT2D eigenvalue weighted by Gasteiger charge is 2.48.